The van der Waals surface area contributed by atoms with Crippen LogP contribution >= 0.6 is 22.9 Å². The van der Waals surface area contributed by atoms with Crippen molar-refractivity contribution in [2.24, 2.45) is 0 Å². The van der Waals surface area contributed by atoms with Gasteiger partial charge in [-0.25, -0.2) is 4.98 Å². The summed E-state index contributed by atoms with van der Waals surface area (Å²) in [6.07, 6.45) is 1.30. The number of ether oxygens (including phenoxy) is 2. The highest BCUT2D eigenvalue weighted by atomic mass is 35.5. The molecule has 0 bridgehead atoms. The fourth-order valence-electron chi connectivity index (χ4n) is 3.81. The van der Waals surface area contributed by atoms with Gasteiger partial charge >= 0.3 is 0 Å². The first-order chi connectivity index (χ1) is 16.1. The van der Waals surface area contributed by atoms with E-state index >= 15 is 0 Å². The van der Waals surface area contributed by atoms with Gasteiger partial charge in [0.2, 0.25) is 5.91 Å². The maximum Gasteiger partial charge on any atom is 0.228 e. The van der Waals surface area contributed by atoms with E-state index in [9.17, 15) is 4.79 Å². The summed E-state index contributed by atoms with van der Waals surface area (Å²) in [7, 11) is 1.68. The molecule has 33 heavy (non-hydrogen) atoms. The number of hydrogen-bond acceptors (Lipinski definition) is 6. The second-order valence-electron chi connectivity index (χ2n) is 8.01. The van der Waals surface area contributed by atoms with Crippen LogP contribution in [0.2, 0.25) is 5.02 Å². The minimum atomic E-state index is 0.136. The number of benzene rings is 2. The molecule has 6 nitrogen and oxygen atoms in total. The smallest absolute Gasteiger partial charge is 0.228 e. The van der Waals surface area contributed by atoms with Crippen molar-refractivity contribution in [2.75, 3.05) is 33.3 Å². The van der Waals surface area contributed by atoms with Crippen LogP contribution in [0.15, 0.2) is 53.9 Å². The Kier molecular flexibility index (Phi) is 8.20. The molecule has 4 rings (SSSR count). The monoisotopic (exact) mass is 485 g/mol. The zero-order chi connectivity index (χ0) is 23.0. The molecule has 0 saturated carbocycles. The van der Waals surface area contributed by atoms with Crippen LogP contribution in [-0.4, -0.2) is 54.0 Å². The summed E-state index contributed by atoms with van der Waals surface area (Å²) in [5.74, 6) is 1.75. The summed E-state index contributed by atoms with van der Waals surface area (Å²) in [6, 6.07) is 15.4. The Balaban J connectivity index is 1.24. The molecule has 0 N–H and O–H groups in total. The van der Waals surface area contributed by atoms with Crippen LogP contribution < -0.4 is 9.47 Å². The average Bonchev–Trinajstić information content (AvgIpc) is 3.14. The molecule has 1 aliphatic rings. The molecule has 0 atom stereocenters. The Morgan fingerprint density at radius 1 is 1.03 bits per heavy atom. The molecule has 2 aromatic carbocycles. The number of amides is 1. The number of carbonyl (C=O) groups is 1. The summed E-state index contributed by atoms with van der Waals surface area (Å²) in [5, 5.41) is 3.48. The molecule has 0 aliphatic carbocycles. The molecule has 1 saturated heterocycles. The number of nitrogens with zero attached hydrogens (tertiary/aromatic N) is 3. The second kappa shape index (κ2) is 11.5. The van der Waals surface area contributed by atoms with Crippen molar-refractivity contribution in [3.8, 4) is 11.5 Å². The summed E-state index contributed by atoms with van der Waals surface area (Å²) in [4.78, 5) is 21.9. The van der Waals surface area contributed by atoms with Gasteiger partial charge in [-0.05, 0) is 48.4 Å². The molecular weight excluding hydrogens is 458 g/mol. The van der Waals surface area contributed by atoms with Crippen LogP contribution in [0.5, 0.6) is 11.5 Å². The van der Waals surface area contributed by atoms with Gasteiger partial charge in [-0.15, -0.1) is 11.3 Å². The van der Waals surface area contributed by atoms with Crippen molar-refractivity contribution in [3.05, 3.63) is 75.2 Å². The van der Waals surface area contributed by atoms with Crippen LogP contribution in [0, 0.1) is 0 Å². The third-order valence-corrected chi connectivity index (χ3v) is 6.74. The summed E-state index contributed by atoms with van der Waals surface area (Å²) < 4.78 is 11.0. The fourth-order valence-corrected chi connectivity index (χ4v) is 4.64. The first kappa shape index (κ1) is 23.5. The van der Waals surface area contributed by atoms with Crippen molar-refractivity contribution in [3.63, 3.8) is 0 Å². The summed E-state index contributed by atoms with van der Waals surface area (Å²) >= 11 is 7.42. The molecule has 1 aliphatic heterocycles. The van der Waals surface area contributed by atoms with Crippen LogP contribution in [0.1, 0.15) is 22.7 Å². The Morgan fingerprint density at radius 2 is 1.79 bits per heavy atom. The first-order valence-corrected chi connectivity index (χ1v) is 12.3. The van der Waals surface area contributed by atoms with Gasteiger partial charge in [0.25, 0.3) is 0 Å². The van der Waals surface area contributed by atoms with Gasteiger partial charge in [0.15, 0.2) is 0 Å². The predicted molar refractivity (Wildman–Crippen MR) is 131 cm³/mol. The van der Waals surface area contributed by atoms with Crippen molar-refractivity contribution < 1.29 is 14.3 Å². The van der Waals surface area contributed by atoms with E-state index in [2.05, 4.69) is 22.0 Å². The van der Waals surface area contributed by atoms with Crippen molar-refractivity contribution >= 4 is 28.8 Å². The molecule has 174 valence electrons. The standard InChI is InChI=1S/C25H28ClN3O3S/c1-31-22-7-3-19(4-8-22)16-28-11-2-12-29(14-13-28)25(30)15-21-18-33-24(27-21)17-32-23-9-5-20(26)6-10-23/h3-10,18H,2,11-17H2,1H3. The van der Waals surface area contributed by atoms with Crippen LogP contribution in [0.4, 0.5) is 0 Å². The van der Waals surface area contributed by atoms with E-state index in [0.29, 0.717) is 18.1 Å². The number of carbonyl (C=O) groups excluding carboxylic acids is 1. The Labute approximate surface area is 203 Å². The maximum absolute atomic E-state index is 12.9. The highest BCUT2D eigenvalue weighted by Crippen LogP contribution is 2.19. The quantitative estimate of drug-likeness (QED) is 0.464. The second-order valence-corrected chi connectivity index (χ2v) is 9.39. The minimum absolute atomic E-state index is 0.136. The fraction of sp³-hybridized carbons (Fsp3) is 0.360. The van der Waals surface area contributed by atoms with E-state index in [1.165, 1.54) is 16.9 Å². The van der Waals surface area contributed by atoms with Crippen LogP contribution in [0.3, 0.4) is 0 Å². The summed E-state index contributed by atoms with van der Waals surface area (Å²) in [5.41, 5.74) is 2.06. The number of methoxy groups -OCH3 is 1. The average molecular weight is 486 g/mol. The van der Waals surface area contributed by atoms with Gasteiger partial charge in [0, 0.05) is 43.1 Å². The van der Waals surface area contributed by atoms with Crippen molar-refractivity contribution in [1.29, 1.82) is 0 Å². The lowest BCUT2D eigenvalue weighted by Gasteiger charge is -2.22. The Bertz CT molecular complexity index is 1040. The molecule has 2 heterocycles. The molecule has 1 amide bonds. The molecule has 8 heteroatoms. The lowest BCUT2D eigenvalue weighted by molar-refractivity contribution is -0.130. The molecule has 3 aromatic rings. The number of aromatic nitrogens is 1. The number of thiazole rings is 1. The Morgan fingerprint density at radius 3 is 2.55 bits per heavy atom. The number of hydrogen-bond donors (Lipinski definition) is 0. The third-order valence-electron chi connectivity index (χ3n) is 5.61. The van der Waals surface area contributed by atoms with Gasteiger partial charge < -0.3 is 14.4 Å². The zero-order valence-corrected chi connectivity index (χ0v) is 20.3. The topological polar surface area (TPSA) is 54.9 Å². The van der Waals surface area contributed by atoms with E-state index in [0.717, 1.165) is 61.3 Å². The normalized spacial score (nSPS) is 14.7. The lowest BCUT2D eigenvalue weighted by Crippen LogP contribution is -2.36. The molecule has 0 unspecified atom stereocenters. The van der Waals surface area contributed by atoms with Gasteiger partial charge in [-0.1, -0.05) is 23.7 Å². The number of halogens is 1. The van der Waals surface area contributed by atoms with E-state index < -0.39 is 0 Å². The van der Waals surface area contributed by atoms with Gasteiger partial charge in [0.1, 0.15) is 23.1 Å². The van der Waals surface area contributed by atoms with Gasteiger partial charge in [-0.2, -0.15) is 0 Å². The predicted octanol–water partition coefficient (Wildman–Crippen LogP) is 4.66. The zero-order valence-electron chi connectivity index (χ0n) is 18.7. The lowest BCUT2D eigenvalue weighted by atomic mass is 10.2. The molecule has 0 spiro atoms. The van der Waals surface area contributed by atoms with E-state index in [1.54, 1.807) is 19.2 Å². The molecule has 1 fully saturated rings. The largest absolute Gasteiger partial charge is 0.497 e. The first-order valence-electron chi connectivity index (χ1n) is 11.0. The summed E-state index contributed by atoms with van der Waals surface area (Å²) in [6.45, 7) is 4.65. The van der Waals surface area contributed by atoms with E-state index in [4.69, 9.17) is 21.1 Å². The van der Waals surface area contributed by atoms with Gasteiger partial charge in [0.05, 0.1) is 19.2 Å². The van der Waals surface area contributed by atoms with Crippen molar-refractivity contribution in [2.45, 2.75) is 26.0 Å². The highest BCUT2D eigenvalue weighted by molar-refractivity contribution is 7.09. The minimum Gasteiger partial charge on any atom is -0.497 e. The highest BCUT2D eigenvalue weighted by Gasteiger charge is 2.20. The van der Waals surface area contributed by atoms with Crippen LogP contribution in [-0.2, 0) is 24.4 Å². The number of rotatable bonds is 8. The Hall–Kier alpha value is -2.61. The van der Waals surface area contributed by atoms with E-state index in [1.807, 2.05) is 34.5 Å². The van der Waals surface area contributed by atoms with Gasteiger partial charge in [-0.3, -0.25) is 9.69 Å². The molecular formula is C25H28ClN3O3S. The maximum atomic E-state index is 12.9. The third kappa shape index (κ3) is 6.93. The van der Waals surface area contributed by atoms with Crippen LogP contribution in [0.25, 0.3) is 0 Å². The molecule has 0 radical (unpaired) electrons. The van der Waals surface area contributed by atoms with E-state index in [-0.39, 0.29) is 5.91 Å². The molecule has 1 aromatic heterocycles. The SMILES string of the molecule is COc1ccc(CN2CCCN(C(=O)Cc3csc(COc4ccc(Cl)cc4)n3)CC2)cc1. The van der Waals surface area contributed by atoms with Crippen molar-refractivity contribution in [1.82, 2.24) is 14.8 Å².